The summed E-state index contributed by atoms with van der Waals surface area (Å²) in [7, 11) is 0. The van der Waals surface area contributed by atoms with Crippen LogP contribution in [0.1, 0.15) is 28.1 Å². The Bertz CT molecular complexity index is 1030. The summed E-state index contributed by atoms with van der Waals surface area (Å²) in [6.07, 6.45) is 3.62. The molecule has 0 unspecified atom stereocenters. The van der Waals surface area contributed by atoms with Crippen molar-refractivity contribution in [3.63, 3.8) is 0 Å². The number of nitrogens with zero attached hydrogens (tertiary/aromatic N) is 2. The molecule has 2 aromatic heterocycles. The summed E-state index contributed by atoms with van der Waals surface area (Å²) in [5, 5.41) is 7.45. The van der Waals surface area contributed by atoms with Crippen molar-refractivity contribution in [3.05, 3.63) is 35.0 Å². The van der Waals surface area contributed by atoms with Gasteiger partial charge in [-0.1, -0.05) is 0 Å². The number of rotatable bonds is 5. The van der Waals surface area contributed by atoms with Crippen LogP contribution in [0.4, 0.5) is 17.2 Å². The number of primary amides is 1. The molecule has 1 aliphatic rings. The molecule has 9 heteroatoms. The molecule has 3 aromatic rings. The molecule has 3 heterocycles. The standard InChI is InChI=1S/C19H22N6O2S/c1-10-15-18(23-9-24-19(15)28-16(10)17(21)26)25-13-5-4-11(20)7-14(13)27-12-3-2-6-22-8-12/h4-5,7,9,12,22H,2-3,6,8,20H2,1H3,(H2,21,26)(H,23,24,25)/t12-/m0/s1. The Morgan fingerprint density at radius 2 is 2.25 bits per heavy atom. The predicted octanol–water partition coefficient (Wildman–Crippen LogP) is 2.56. The molecule has 146 valence electrons. The number of amides is 1. The lowest BCUT2D eigenvalue weighted by atomic mass is 10.1. The van der Waals surface area contributed by atoms with Crippen LogP contribution in [0.25, 0.3) is 10.2 Å². The van der Waals surface area contributed by atoms with Crippen molar-refractivity contribution in [1.29, 1.82) is 0 Å². The van der Waals surface area contributed by atoms with Crippen LogP contribution in [-0.2, 0) is 0 Å². The highest BCUT2D eigenvalue weighted by Gasteiger charge is 2.20. The van der Waals surface area contributed by atoms with Crippen molar-refractivity contribution in [2.45, 2.75) is 25.9 Å². The Balaban J connectivity index is 1.70. The van der Waals surface area contributed by atoms with Crippen LogP contribution in [-0.4, -0.2) is 35.1 Å². The highest BCUT2D eigenvalue weighted by molar-refractivity contribution is 7.20. The lowest BCUT2D eigenvalue weighted by Crippen LogP contribution is -2.37. The number of benzene rings is 1. The topological polar surface area (TPSA) is 128 Å². The number of ether oxygens (including phenoxy) is 1. The molecule has 0 spiro atoms. The number of piperidine rings is 1. The number of thiophene rings is 1. The van der Waals surface area contributed by atoms with Crippen LogP contribution in [0.3, 0.4) is 0 Å². The van der Waals surface area contributed by atoms with Gasteiger partial charge in [0.2, 0.25) is 0 Å². The average molecular weight is 398 g/mol. The van der Waals surface area contributed by atoms with Gasteiger partial charge in [-0.3, -0.25) is 4.79 Å². The van der Waals surface area contributed by atoms with E-state index in [4.69, 9.17) is 16.2 Å². The lowest BCUT2D eigenvalue weighted by molar-refractivity contribution is 0.100. The van der Waals surface area contributed by atoms with Crippen molar-refractivity contribution >= 4 is 44.7 Å². The predicted molar refractivity (Wildman–Crippen MR) is 111 cm³/mol. The van der Waals surface area contributed by atoms with E-state index < -0.39 is 5.91 Å². The third kappa shape index (κ3) is 3.58. The maximum Gasteiger partial charge on any atom is 0.259 e. The lowest BCUT2D eigenvalue weighted by Gasteiger charge is -2.25. The monoisotopic (exact) mass is 398 g/mol. The van der Waals surface area contributed by atoms with Crippen molar-refractivity contribution < 1.29 is 9.53 Å². The van der Waals surface area contributed by atoms with Crippen LogP contribution >= 0.6 is 11.3 Å². The minimum absolute atomic E-state index is 0.0888. The van der Waals surface area contributed by atoms with E-state index in [2.05, 4.69) is 20.6 Å². The number of anilines is 3. The molecule has 1 aliphatic heterocycles. The first kappa shape index (κ1) is 18.5. The number of nitrogens with one attached hydrogen (secondary N) is 2. The molecular formula is C19H22N6O2S. The molecule has 28 heavy (non-hydrogen) atoms. The van der Waals surface area contributed by atoms with Crippen molar-refractivity contribution in [1.82, 2.24) is 15.3 Å². The fraction of sp³-hybridized carbons (Fsp3) is 0.316. The summed E-state index contributed by atoms with van der Waals surface area (Å²) in [6.45, 7) is 3.67. The van der Waals surface area contributed by atoms with Gasteiger partial charge in [0.25, 0.3) is 5.91 Å². The number of nitrogen functional groups attached to an aromatic ring is 1. The van der Waals surface area contributed by atoms with E-state index >= 15 is 0 Å². The SMILES string of the molecule is Cc1c(C(N)=O)sc2ncnc(Nc3ccc(N)cc3O[C@H]3CCCNC3)c12. The van der Waals surface area contributed by atoms with Gasteiger partial charge in [-0.05, 0) is 44.0 Å². The number of carbonyl (C=O) groups is 1. The molecule has 0 aliphatic carbocycles. The number of carbonyl (C=O) groups excluding carboxylic acids is 1. The van der Waals surface area contributed by atoms with Gasteiger partial charge in [0.15, 0.2) is 0 Å². The Morgan fingerprint density at radius 1 is 1.39 bits per heavy atom. The Hall–Kier alpha value is -2.91. The molecular weight excluding hydrogens is 376 g/mol. The summed E-state index contributed by atoms with van der Waals surface area (Å²) >= 11 is 1.27. The summed E-state index contributed by atoms with van der Waals surface area (Å²) in [5.41, 5.74) is 13.6. The maximum absolute atomic E-state index is 11.7. The summed E-state index contributed by atoms with van der Waals surface area (Å²) in [6, 6.07) is 5.48. The summed E-state index contributed by atoms with van der Waals surface area (Å²) < 4.78 is 6.21. The second kappa shape index (κ2) is 7.61. The normalized spacial score (nSPS) is 16.8. The third-order valence-corrected chi connectivity index (χ3v) is 5.97. The largest absolute Gasteiger partial charge is 0.487 e. The van der Waals surface area contributed by atoms with Crippen molar-refractivity contribution in [3.8, 4) is 5.75 Å². The minimum Gasteiger partial charge on any atom is -0.487 e. The fourth-order valence-corrected chi connectivity index (χ4v) is 4.37. The van der Waals surface area contributed by atoms with Crippen LogP contribution in [0.15, 0.2) is 24.5 Å². The Kier molecular flexibility index (Phi) is 5.01. The second-order valence-electron chi connectivity index (χ2n) is 6.79. The number of aromatic nitrogens is 2. The molecule has 1 aromatic carbocycles. The molecule has 0 radical (unpaired) electrons. The maximum atomic E-state index is 11.7. The van der Waals surface area contributed by atoms with Crippen molar-refractivity contribution in [2.75, 3.05) is 24.1 Å². The van der Waals surface area contributed by atoms with Gasteiger partial charge in [0.1, 0.15) is 28.8 Å². The fourth-order valence-electron chi connectivity index (χ4n) is 3.37. The minimum atomic E-state index is -0.465. The first-order chi connectivity index (χ1) is 13.5. The summed E-state index contributed by atoms with van der Waals surface area (Å²) in [5.74, 6) is 0.805. The third-order valence-electron chi connectivity index (χ3n) is 4.75. The molecule has 0 saturated carbocycles. The number of aryl methyl sites for hydroxylation is 1. The van der Waals surface area contributed by atoms with Gasteiger partial charge in [-0.2, -0.15) is 0 Å². The second-order valence-corrected chi connectivity index (χ2v) is 7.79. The Labute approximate surface area is 166 Å². The van der Waals surface area contributed by atoms with Crippen LogP contribution in [0.2, 0.25) is 0 Å². The van der Waals surface area contributed by atoms with Gasteiger partial charge < -0.3 is 26.8 Å². The van der Waals surface area contributed by atoms with Gasteiger partial charge in [0.05, 0.1) is 16.0 Å². The zero-order chi connectivity index (χ0) is 19.7. The molecule has 1 fully saturated rings. The van der Waals surface area contributed by atoms with Crippen LogP contribution in [0.5, 0.6) is 5.75 Å². The van der Waals surface area contributed by atoms with Crippen molar-refractivity contribution in [2.24, 2.45) is 5.73 Å². The van der Waals surface area contributed by atoms with Crippen LogP contribution < -0.4 is 26.8 Å². The molecule has 1 amide bonds. The summed E-state index contributed by atoms with van der Waals surface area (Å²) in [4.78, 5) is 21.5. The smallest absolute Gasteiger partial charge is 0.259 e. The first-order valence-electron chi connectivity index (χ1n) is 9.10. The molecule has 1 atom stereocenters. The van der Waals surface area contributed by atoms with Gasteiger partial charge in [-0.25, -0.2) is 9.97 Å². The molecule has 6 N–H and O–H groups in total. The highest BCUT2D eigenvalue weighted by atomic mass is 32.1. The van der Waals surface area contributed by atoms with E-state index in [-0.39, 0.29) is 6.10 Å². The zero-order valence-corrected chi connectivity index (χ0v) is 16.3. The van der Waals surface area contributed by atoms with E-state index in [9.17, 15) is 4.79 Å². The number of nitrogens with two attached hydrogens (primary N) is 2. The van der Waals surface area contributed by atoms with Gasteiger partial charge >= 0.3 is 0 Å². The Morgan fingerprint density at radius 3 is 3.00 bits per heavy atom. The molecule has 0 bridgehead atoms. The number of hydrogen-bond donors (Lipinski definition) is 4. The molecule has 1 saturated heterocycles. The van der Waals surface area contributed by atoms with E-state index in [1.807, 2.05) is 25.1 Å². The quantitative estimate of drug-likeness (QED) is 0.486. The average Bonchev–Trinajstić information content (AvgIpc) is 3.03. The molecule has 4 rings (SSSR count). The number of fused-ring (bicyclic) bond motifs is 1. The van der Waals surface area contributed by atoms with E-state index in [1.165, 1.54) is 17.7 Å². The first-order valence-corrected chi connectivity index (χ1v) is 9.92. The van der Waals surface area contributed by atoms with E-state index in [0.29, 0.717) is 27.0 Å². The van der Waals surface area contributed by atoms with E-state index in [0.717, 1.165) is 42.6 Å². The van der Waals surface area contributed by atoms with Gasteiger partial charge in [0, 0.05) is 18.3 Å². The highest BCUT2D eigenvalue weighted by Crippen LogP contribution is 2.37. The molecule has 8 nitrogen and oxygen atoms in total. The van der Waals surface area contributed by atoms with Crippen LogP contribution in [0, 0.1) is 6.92 Å². The number of hydrogen-bond acceptors (Lipinski definition) is 8. The zero-order valence-electron chi connectivity index (χ0n) is 15.5. The van der Waals surface area contributed by atoms with Gasteiger partial charge in [-0.15, -0.1) is 11.3 Å². The van der Waals surface area contributed by atoms with E-state index in [1.54, 1.807) is 0 Å².